The fourth-order valence-electron chi connectivity index (χ4n) is 13.2. The van der Waals surface area contributed by atoms with E-state index in [4.69, 9.17) is 37.0 Å². The fraction of sp³-hybridized carbons (Fsp3) is 0.953. The Labute approximate surface area is 638 Å². The Bertz CT molecular complexity index is 2000. The second-order valence-corrected chi connectivity index (χ2v) is 34.0. The highest BCUT2D eigenvalue weighted by Gasteiger charge is 2.30. The van der Waals surface area contributed by atoms with Crippen LogP contribution in [0.4, 0.5) is 0 Å². The second kappa shape index (κ2) is 76.4. The van der Waals surface area contributed by atoms with Crippen molar-refractivity contribution in [2.75, 3.05) is 39.6 Å². The molecule has 0 saturated heterocycles. The number of phosphoric ester groups is 2. The lowest BCUT2D eigenvalue weighted by molar-refractivity contribution is -0.161. The zero-order chi connectivity index (χ0) is 76.4. The first kappa shape index (κ1) is 102. The van der Waals surface area contributed by atoms with Gasteiger partial charge in [0.2, 0.25) is 0 Å². The summed E-state index contributed by atoms with van der Waals surface area (Å²) in [7, 11) is -9.93. The summed E-state index contributed by atoms with van der Waals surface area (Å²) in [6, 6.07) is 0. The molecule has 3 N–H and O–H groups in total. The minimum absolute atomic E-state index is 0.106. The topological polar surface area (TPSA) is 237 Å². The molecule has 0 aromatic rings. The third-order valence-electron chi connectivity index (χ3n) is 20.7. The summed E-state index contributed by atoms with van der Waals surface area (Å²) in [4.78, 5) is 73.2. The van der Waals surface area contributed by atoms with Crippen LogP contribution >= 0.6 is 15.6 Å². The van der Waals surface area contributed by atoms with E-state index in [1.54, 1.807) is 0 Å². The fourth-order valence-corrected chi connectivity index (χ4v) is 14.8. The van der Waals surface area contributed by atoms with Crippen molar-refractivity contribution in [1.29, 1.82) is 0 Å². The standard InChI is InChI=1S/C85H166O17P2/c1-7-11-13-15-17-19-21-23-25-27-29-30-31-32-34-36-38-40-45-49-57-63-69-84(89)101-80(73-95-82(87)67-61-55-48-44-39-37-35-33-28-26-24-22-20-18-16-14-12-8-2)75-99-103(91,92)97-71-79(86)72-98-104(93,94)100-76-81(74-96-83(88)68-62-56-52-51-54-60-66-78(6)10-4)102-85(90)70-64-58-50-46-42-41-43-47-53-59-65-77(5)9-3/h77-81,86H,7-76H2,1-6H3,(H,91,92)(H,93,94)/t77?,78?,79-,80-,81-/m1/s1. The van der Waals surface area contributed by atoms with E-state index in [1.165, 1.54) is 263 Å². The summed E-state index contributed by atoms with van der Waals surface area (Å²) in [6.45, 7) is 9.64. The minimum atomic E-state index is -4.97. The SMILES string of the molecule is CCCCCCCCCCCCCCCCCCCCCCCCC(=O)O[C@H](COC(=O)CCCCCCCCCCCCCCCCCCCC)COP(=O)(O)OC[C@@H](O)COP(=O)(O)OC[C@@H](COC(=O)CCCCCCCCC(C)CC)OC(=O)CCCCCCCCCCCCC(C)CC. The van der Waals surface area contributed by atoms with Crippen LogP contribution in [-0.2, 0) is 65.4 Å². The Kier molecular flexibility index (Phi) is 75.0. The Hall–Kier alpha value is -1.94. The number of rotatable bonds is 84. The Morgan fingerprint density at radius 1 is 0.269 bits per heavy atom. The van der Waals surface area contributed by atoms with E-state index in [2.05, 4.69) is 41.5 Å². The van der Waals surface area contributed by atoms with Gasteiger partial charge in [0, 0.05) is 25.7 Å². The van der Waals surface area contributed by atoms with Crippen LogP contribution in [0.1, 0.15) is 452 Å². The average Bonchev–Trinajstić information content (AvgIpc) is 0.909. The number of hydrogen-bond donors (Lipinski definition) is 3. The number of aliphatic hydroxyl groups is 1. The maximum absolute atomic E-state index is 13.1. The zero-order valence-electron chi connectivity index (χ0n) is 68.3. The van der Waals surface area contributed by atoms with Crippen molar-refractivity contribution < 1.29 is 80.2 Å². The second-order valence-electron chi connectivity index (χ2n) is 31.1. The summed E-state index contributed by atoms with van der Waals surface area (Å²) in [5, 5.41) is 10.7. The van der Waals surface area contributed by atoms with E-state index in [0.29, 0.717) is 25.7 Å². The maximum atomic E-state index is 13.1. The van der Waals surface area contributed by atoms with E-state index < -0.39 is 97.5 Å². The molecule has 0 spiro atoms. The third-order valence-corrected chi connectivity index (χ3v) is 22.6. The van der Waals surface area contributed by atoms with E-state index in [9.17, 15) is 43.2 Å². The molecule has 0 fully saturated rings. The number of ether oxygens (including phenoxy) is 4. The Morgan fingerprint density at radius 2 is 0.462 bits per heavy atom. The quantitative estimate of drug-likeness (QED) is 0.0222. The summed E-state index contributed by atoms with van der Waals surface area (Å²) >= 11 is 0. The highest BCUT2D eigenvalue weighted by molar-refractivity contribution is 7.47. The van der Waals surface area contributed by atoms with Crippen molar-refractivity contribution in [2.45, 2.75) is 471 Å². The van der Waals surface area contributed by atoms with E-state index in [-0.39, 0.29) is 25.7 Å². The summed E-state index contributed by atoms with van der Waals surface area (Å²) in [5.74, 6) is -0.573. The number of unbranched alkanes of at least 4 members (excludes halogenated alkanes) is 52. The highest BCUT2D eigenvalue weighted by atomic mass is 31.2. The van der Waals surface area contributed by atoms with Crippen molar-refractivity contribution >= 4 is 39.5 Å². The minimum Gasteiger partial charge on any atom is -0.462 e. The van der Waals surface area contributed by atoms with Gasteiger partial charge in [-0.15, -0.1) is 0 Å². The number of hydrogen-bond acceptors (Lipinski definition) is 15. The number of carbonyl (C=O) groups is 4. The molecule has 0 heterocycles. The molecule has 104 heavy (non-hydrogen) atoms. The van der Waals surface area contributed by atoms with Gasteiger partial charge in [0.25, 0.3) is 0 Å². The molecule has 4 unspecified atom stereocenters. The van der Waals surface area contributed by atoms with Gasteiger partial charge in [0.05, 0.1) is 26.4 Å². The molecular weight excluding hydrogens is 1350 g/mol. The summed E-state index contributed by atoms with van der Waals surface area (Å²) in [5.41, 5.74) is 0. The molecule has 0 aliphatic heterocycles. The number of phosphoric acid groups is 2. The van der Waals surface area contributed by atoms with E-state index >= 15 is 0 Å². The summed E-state index contributed by atoms with van der Waals surface area (Å²) < 4.78 is 68.8. The molecule has 0 aliphatic carbocycles. The van der Waals surface area contributed by atoms with Crippen molar-refractivity contribution in [2.24, 2.45) is 11.8 Å². The molecule has 0 bridgehead atoms. The van der Waals surface area contributed by atoms with Crippen LogP contribution in [0.3, 0.4) is 0 Å². The van der Waals surface area contributed by atoms with Gasteiger partial charge in [-0.3, -0.25) is 37.3 Å². The lowest BCUT2D eigenvalue weighted by atomic mass is 9.99. The molecular formula is C85H166O17P2. The largest absolute Gasteiger partial charge is 0.472 e. The highest BCUT2D eigenvalue weighted by Crippen LogP contribution is 2.45. The van der Waals surface area contributed by atoms with Crippen LogP contribution in [0, 0.1) is 11.8 Å². The number of aliphatic hydroxyl groups excluding tert-OH is 1. The third kappa shape index (κ3) is 75.5. The van der Waals surface area contributed by atoms with Crippen molar-refractivity contribution in [3.63, 3.8) is 0 Å². The number of esters is 4. The lowest BCUT2D eigenvalue weighted by Crippen LogP contribution is -2.30. The monoisotopic (exact) mass is 1520 g/mol. The first-order valence-electron chi connectivity index (χ1n) is 44.1. The van der Waals surface area contributed by atoms with Gasteiger partial charge in [0.1, 0.15) is 19.3 Å². The molecule has 0 aliphatic rings. The van der Waals surface area contributed by atoms with Gasteiger partial charge in [0.15, 0.2) is 12.2 Å². The van der Waals surface area contributed by atoms with E-state index in [1.807, 2.05) is 0 Å². The summed E-state index contributed by atoms with van der Waals surface area (Å²) in [6.07, 6.45) is 68.2. The van der Waals surface area contributed by atoms with Gasteiger partial charge < -0.3 is 33.8 Å². The Balaban J connectivity index is 5.22. The van der Waals surface area contributed by atoms with Gasteiger partial charge in [-0.05, 0) is 37.5 Å². The van der Waals surface area contributed by atoms with Gasteiger partial charge in [-0.1, -0.05) is 401 Å². The van der Waals surface area contributed by atoms with Crippen molar-refractivity contribution in [3.05, 3.63) is 0 Å². The van der Waals surface area contributed by atoms with Crippen molar-refractivity contribution in [3.8, 4) is 0 Å². The van der Waals surface area contributed by atoms with Gasteiger partial charge in [-0.25, -0.2) is 9.13 Å². The molecule has 0 radical (unpaired) electrons. The predicted octanol–water partition coefficient (Wildman–Crippen LogP) is 25.8. The van der Waals surface area contributed by atoms with Crippen LogP contribution in [0.5, 0.6) is 0 Å². The molecule has 17 nitrogen and oxygen atoms in total. The maximum Gasteiger partial charge on any atom is 0.472 e. The van der Waals surface area contributed by atoms with Crippen molar-refractivity contribution in [1.82, 2.24) is 0 Å². The Morgan fingerprint density at radius 3 is 0.683 bits per heavy atom. The molecule has 7 atom stereocenters. The molecule has 0 amide bonds. The zero-order valence-corrected chi connectivity index (χ0v) is 70.1. The van der Waals surface area contributed by atoms with E-state index in [0.717, 1.165) is 108 Å². The number of carbonyl (C=O) groups excluding carboxylic acids is 4. The van der Waals surface area contributed by atoms with Crippen LogP contribution < -0.4 is 0 Å². The van der Waals surface area contributed by atoms with Crippen LogP contribution in [0.2, 0.25) is 0 Å². The normalized spacial score (nSPS) is 14.4. The van der Waals surface area contributed by atoms with Gasteiger partial charge >= 0.3 is 39.5 Å². The average molecular weight is 1520 g/mol. The van der Waals surface area contributed by atoms with Gasteiger partial charge in [-0.2, -0.15) is 0 Å². The molecule has 618 valence electrons. The molecule has 0 saturated carbocycles. The first-order valence-corrected chi connectivity index (χ1v) is 47.1. The van der Waals surface area contributed by atoms with Crippen LogP contribution in [0.15, 0.2) is 0 Å². The smallest absolute Gasteiger partial charge is 0.462 e. The lowest BCUT2D eigenvalue weighted by Gasteiger charge is -2.21. The van der Waals surface area contributed by atoms with Crippen LogP contribution in [-0.4, -0.2) is 96.7 Å². The predicted molar refractivity (Wildman–Crippen MR) is 428 cm³/mol. The molecule has 0 aromatic heterocycles. The molecule has 0 rings (SSSR count). The molecule has 0 aromatic carbocycles. The molecule has 19 heteroatoms. The van der Waals surface area contributed by atoms with Crippen LogP contribution in [0.25, 0.3) is 0 Å². The first-order chi connectivity index (χ1) is 50.4.